The van der Waals surface area contributed by atoms with Gasteiger partial charge >= 0.3 is 5.97 Å². The SMILES string of the molecule is O=C(O)c1c(CCl)cnc(C(F)F)c1Cl. The van der Waals surface area contributed by atoms with Gasteiger partial charge in [-0.3, -0.25) is 4.98 Å². The van der Waals surface area contributed by atoms with E-state index in [1.165, 1.54) is 0 Å². The molecule has 0 radical (unpaired) electrons. The Labute approximate surface area is 93.6 Å². The molecule has 0 saturated heterocycles. The zero-order chi connectivity index (χ0) is 11.6. The minimum atomic E-state index is -2.92. The van der Waals surface area contributed by atoms with Crippen LogP contribution < -0.4 is 0 Å². The van der Waals surface area contributed by atoms with E-state index in [9.17, 15) is 13.6 Å². The topological polar surface area (TPSA) is 50.2 Å². The van der Waals surface area contributed by atoms with Crippen LogP contribution in [0.5, 0.6) is 0 Å². The molecule has 7 heteroatoms. The second-order valence-corrected chi connectivity index (χ2v) is 3.24. The monoisotopic (exact) mass is 255 g/mol. The Balaban J connectivity index is 3.42. The summed E-state index contributed by atoms with van der Waals surface area (Å²) in [6.07, 6.45) is -1.93. The molecule has 15 heavy (non-hydrogen) atoms. The lowest BCUT2D eigenvalue weighted by atomic mass is 10.1. The summed E-state index contributed by atoms with van der Waals surface area (Å²) in [5, 5.41) is 8.21. The van der Waals surface area contributed by atoms with E-state index < -0.39 is 28.7 Å². The Hall–Kier alpha value is -0.940. The molecule has 0 atom stereocenters. The summed E-state index contributed by atoms with van der Waals surface area (Å²) in [6, 6.07) is 0. The van der Waals surface area contributed by atoms with Crippen molar-refractivity contribution in [3.8, 4) is 0 Å². The predicted octanol–water partition coefficient (Wildman–Crippen LogP) is 3.11. The molecular weight excluding hydrogens is 251 g/mol. The number of carbonyl (C=O) groups is 1. The zero-order valence-electron chi connectivity index (χ0n) is 7.18. The fourth-order valence-corrected chi connectivity index (χ4v) is 1.56. The molecule has 0 aliphatic carbocycles. The molecule has 82 valence electrons. The van der Waals surface area contributed by atoms with Gasteiger partial charge in [0.15, 0.2) is 0 Å². The Morgan fingerprint density at radius 2 is 2.20 bits per heavy atom. The largest absolute Gasteiger partial charge is 0.478 e. The molecule has 0 spiro atoms. The third-order valence-corrected chi connectivity index (χ3v) is 2.36. The van der Waals surface area contributed by atoms with Crippen molar-refractivity contribution in [3.05, 3.63) is 28.0 Å². The first-order valence-electron chi connectivity index (χ1n) is 3.73. The average molecular weight is 256 g/mol. The van der Waals surface area contributed by atoms with Gasteiger partial charge in [0.1, 0.15) is 5.69 Å². The van der Waals surface area contributed by atoms with Crippen LogP contribution in [-0.2, 0) is 5.88 Å². The van der Waals surface area contributed by atoms with Crippen molar-refractivity contribution in [2.75, 3.05) is 0 Å². The Kier molecular flexibility index (Phi) is 3.82. The van der Waals surface area contributed by atoms with Gasteiger partial charge in [0, 0.05) is 17.6 Å². The maximum Gasteiger partial charge on any atom is 0.337 e. The molecule has 0 fully saturated rings. The van der Waals surface area contributed by atoms with Gasteiger partial charge in [-0.1, -0.05) is 11.6 Å². The van der Waals surface area contributed by atoms with Gasteiger partial charge < -0.3 is 5.11 Å². The van der Waals surface area contributed by atoms with Crippen molar-refractivity contribution in [3.63, 3.8) is 0 Å². The fourth-order valence-electron chi connectivity index (χ4n) is 1.02. The van der Waals surface area contributed by atoms with Gasteiger partial charge in [0.2, 0.25) is 0 Å². The molecule has 1 rings (SSSR count). The first-order valence-corrected chi connectivity index (χ1v) is 4.65. The number of aromatic nitrogens is 1. The van der Waals surface area contributed by atoms with Crippen LogP contribution in [0.2, 0.25) is 5.02 Å². The van der Waals surface area contributed by atoms with E-state index in [4.69, 9.17) is 28.3 Å². The summed E-state index contributed by atoms with van der Waals surface area (Å²) < 4.78 is 24.7. The summed E-state index contributed by atoms with van der Waals surface area (Å²) in [7, 11) is 0. The number of carboxylic acid groups (broad SMARTS) is 1. The van der Waals surface area contributed by atoms with E-state index in [0.29, 0.717) is 0 Å². The van der Waals surface area contributed by atoms with E-state index in [1.54, 1.807) is 0 Å². The van der Waals surface area contributed by atoms with Crippen LogP contribution >= 0.6 is 23.2 Å². The first-order chi connectivity index (χ1) is 6.99. The molecule has 3 nitrogen and oxygen atoms in total. The van der Waals surface area contributed by atoms with Crippen LogP contribution in [0.25, 0.3) is 0 Å². The third kappa shape index (κ3) is 2.35. The molecule has 1 aromatic heterocycles. The number of hydrogen-bond donors (Lipinski definition) is 1. The normalized spacial score (nSPS) is 10.7. The van der Waals surface area contributed by atoms with Crippen molar-refractivity contribution < 1.29 is 18.7 Å². The fraction of sp³-hybridized carbons (Fsp3) is 0.250. The minimum absolute atomic E-state index is 0.110. The smallest absolute Gasteiger partial charge is 0.337 e. The Morgan fingerprint density at radius 3 is 2.60 bits per heavy atom. The summed E-state index contributed by atoms with van der Waals surface area (Å²) in [6.45, 7) is 0. The Morgan fingerprint density at radius 1 is 1.60 bits per heavy atom. The molecule has 0 saturated carbocycles. The lowest BCUT2D eigenvalue weighted by Crippen LogP contribution is -2.07. The molecular formula is C8H5Cl2F2NO2. The molecule has 0 aliphatic heterocycles. The highest BCUT2D eigenvalue weighted by atomic mass is 35.5. The lowest BCUT2D eigenvalue weighted by molar-refractivity contribution is 0.0695. The van der Waals surface area contributed by atoms with E-state index in [2.05, 4.69) is 4.98 Å². The van der Waals surface area contributed by atoms with Crippen molar-refractivity contribution in [1.82, 2.24) is 4.98 Å². The van der Waals surface area contributed by atoms with E-state index in [1.807, 2.05) is 0 Å². The number of alkyl halides is 3. The van der Waals surface area contributed by atoms with Crippen LogP contribution in [0.1, 0.15) is 28.0 Å². The van der Waals surface area contributed by atoms with Crippen molar-refractivity contribution >= 4 is 29.2 Å². The quantitative estimate of drug-likeness (QED) is 0.845. The van der Waals surface area contributed by atoms with Gasteiger partial charge in [0.25, 0.3) is 6.43 Å². The summed E-state index contributed by atoms with van der Waals surface area (Å²) >= 11 is 10.9. The van der Waals surface area contributed by atoms with Crippen LogP contribution in [0.4, 0.5) is 8.78 Å². The standard InChI is InChI=1S/C8H5Cl2F2NO2/c9-1-3-2-13-6(7(11)12)5(10)4(3)8(14)15/h2,7H,1H2,(H,14,15). The molecule has 0 aliphatic rings. The zero-order valence-corrected chi connectivity index (χ0v) is 8.69. The van der Waals surface area contributed by atoms with Gasteiger partial charge in [-0.2, -0.15) is 0 Å². The highest BCUT2D eigenvalue weighted by molar-refractivity contribution is 6.34. The summed E-state index contributed by atoms with van der Waals surface area (Å²) in [5.41, 5.74) is -1.06. The highest BCUT2D eigenvalue weighted by Crippen LogP contribution is 2.30. The number of nitrogens with zero attached hydrogens (tertiary/aromatic N) is 1. The summed E-state index contributed by atoms with van der Waals surface area (Å²) in [5.74, 6) is -1.56. The third-order valence-electron chi connectivity index (χ3n) is 1.69. The van der Waals surface area contributed by atoms with E-state index >= 15 is 0 Å². The van der Waals surface area contributed by atoms with E-state index in [-0.39, 0.29) is 11.4 Å². The Bertz CT molecular complexity index is 398. The molecule has 0 aromatic carbocycles. The summed E-state index contributed by atoms with van der Waals surface area (Å²) in [4.78, 5) is 14.1. The van der Waals surface area contributed by atoms with Gasteiger partial charge in [-0.25, -0.2) is 13.6 Å². The van der Waals surface area contributed by atoms with Crippen LogP contribution in [-0.4, -0.2) is 16.1 Å². The molecule has 0 amide bonds. The van der Waals surface area contributed by atoms with Crippen LogP contribution in [0, 0.1) is 0 Å². The number of aromatic carboxylic acids is 1. The maximum atomic E-state index is 12.3. The van der Waals surface area contributed by atoms with Crippen LogP contribution in [0.3, 0.4) is 0 Å². The molecule has 0 unspecified atom stereocenters. The second kappa shape index (κ2) is 4.72. The number of halogens is 4. The first kappa shape index (κ1) is 12.1. The van der Waals surface area contributed by atoms with Gasteiger partial charge in [-0.15, -0.1) is 11.6 Å². The van der Waals surface area contributed by atoms with Crippen LogP contribution in [0.15, 0.2) is 6.20 Å². The van der Waals surface area contributed by atoms with Gasteiger partial charge in [-0.05, 0) is 0 Å². The number of pyridine rings is 1. The lowest BCUT2D eigenvalue weighted by Gasteiger charge is -2.08. The maximum absolute atomic E-state index is 12.3. The second-order valence-electron chi connectivity index (χ2n) is 2.60. The number of carboxylic acids is 1. The van der Waals surface area contributed by atoms with Gasteiger partial charge in [0.05, 0.1) is 10.6 Å². The van der Waals surface area contributed by atoms with Crippen molar-refractivity contribution in [2.24, 2.45) is 0 Å². The predicted molar refractivity (Wildman–Crippen MR) is 50.7 cm³/mol. The molecule has 0 bridgehead atoms. The molecule has 1 N–H and O–H groups in total. The highest BCUT2D eigenvalue weighted by Gasteiger charge is 2.22. The number of hydrogen-bond acceptors (Lipinski definition) is 2. The van der Waals surface area contributed by atoms with Crippen molar-refractivity contribution in [2.45, 2.75) is 12.3 Å². The minimum Gasteiger partial charge on any atom is -0.478 e. The molecule has 1 heterocycles. The average Bonchev–Trinajstić information content (AvgIpc) is 2.15. The number of rotatable bonds is 3. The molecule has 1 aromatic rings. The van der Waals surface area contributed by atoms with Crippen molar-refractivity contribution in [1.29, 1.82) is 0 Å². The van der Waals surface area contributed by atoms with E-state index in [0.717, 1.165) is 6.20 Å².